The molecule has 0 amide bonds. The SMILES string of the molecule is COc1cccc(CCNCc2cc(-c3ccc(F)c(CCC(=O)O)c3)c3ccccc3c2)c1. The van der Waals surface area contributed by atoms with Crippen LogP contribution in [0.4, 0.5) is 4.39 Å². The molecule has 0 aromatic heterocycles. The van der Waals surface area contributed by atoms with Crippen molar-refractivity contribution >= 4 is 16.7 Å². The lowest BCUT2D eigenvalue weighted by atomic mass is 9.93. The molecule has 2 N–H and O–H groups in total. The van der Waals surface area contributed by atoms with E-state index in [1.807, 2.05) is 30.3 Å². The Morgan fingerprint density at radius 2 is 1.79 bits per heavy atom. The number of rotatable bonds is 10. The summed E-state index contributed by atoms with van der Waals surface area (Å²) in [7, 11) is 1.67. The minimum Gasteiger partial charge on any atom is -0.497 e. The predicted octanol–water partition coefficient (Wildman–Crippen LogP) is 6.00. The summed E-state index contributed by atoms with van der Waals surface area (Å²) < 4.78 is 19.6. The number of carboxylic acids is 1. The number of nitrogens with one attached hydrogen (secondary N) is 1. The molecule has 0 fully saturated rings. The largest absolute Gasteiger partial charge is 0.497 e. The fraction of sp³-hybridized carbons (Fsp3) is 0.207. The number of hydrogen-bond donors (Lipinski definition) is 2. The van der Waals surface area contributed by atoms with Crippen molar-refractivity contribution in [3.8, 4) is 16.9 Å². The highest BCUT2D eigenvalue weighted by Gasteiger charge is 2.11. The summed E-state index contributed by atoms with van der Waals surface area (Å²) in [5.74, 6) is -0.444. The topological polar surface area (TPSA) is 58.6 Å². The second kappa shape index (κ2) is 10.9. The average molecular weight is 458 g/mol. The molecular weight excluding hydrogens is 429 g/mol. The summed E-state index contributed by atoms with van der Waals surface area (Å²) in [6.07, 6.45) is 0.958. The zero-order valence-electron chi connectivity index (χ0n) is 19.2. The van der Waals surface area contributed by atoms with Crippen LogP contribution in [0.5, 0.6) is 5.75 Å². The maximum absolute atomic E-state index is 14.3. The normalized spacial score (nSPS) is 11.0. The standard InChI is InChI=1S/C29H28FNO3/c1-34-25-7-4-5-20(16-25)13-14-31-19-21-15-22-6-2-3-8-26(22)27(17-21)23-9-11-28(30)24(18-23)10-12-29(32)33/h2-9,11,15-18,31H,10,12-14,19H2,1H3,(H,32,33). The monoisotopic (exact) mass is 457 g/mol. The van der Waals surface area contributed by atoms with E-state index < -0.39 is 5.97 Å². The van der Waals surface area contributed by atoms with Crippen molar-refractivity contribution in [3.05, 3.63) is 101 Å². The molecule has 0 aliphatic heterocycles. The molecule has 4 aromatic carbocycles. The van der Waals surface area contributed by atoms with Crippen LogP contribution in [0.2, 0.25) is 0 Å². The first-order chi connectivity index (χ1) is 16.5. The van der Waals surface area contributed by atoms with Gasteiger partial charge in [-0.15, -0.1) is 0 Å². The molecule has 0 radical (unpaired) electrons. The molecule has 0 bridgehead atoms. The van der Waals surface area contributed by atoms with Gasteiger partial charge in [-0.25, -0.2) is 4.39 Å². The highest BCUT2D eigenvalue weighted by molar-refractivity contribution is 5.97. The van der Waals surface area contributed by atoms with Gasteiger partial charge in [0.25, 0.3) is 0 Å². The van der Waals surface area contributed by atoms with Gasteiger partial charge in [-0.05, 0) is 94.4 Å². The summed E-state index contributed by atoms with van der Waals surface area (Å²) in [5.41, 5.74) is 4.67. The summed E-state index contributed by atoms with van der Waals surface area (Å²) in [4.78, 5) is 11.0. The lowest BCUT2D eigenvalue weighted by Gasteiger charge is -2.13. The molecule has 4 nitrogen and oxygen atoms in total. The molecule has 0 unspecified atom stereocenters. The van der Waals surface area contributed by atoms with Gasteiger partial charge in [-0.3, -0.25) is 4.79 Å². The Kier molecular flexibility index (Phi) is 7.55. The van der Waals surface area contributed by atoms with Crippen molar-refractivity contribution in [1.29, 1.82) is 0 Å². The number of fused-ring (bicyclic) bond motifs is 1. The van der Waals surface area contributed by atoms with E-state index in [9.17, 15) is 9.18 Å². The zero-order valence-corrected chi connectivity index (χ0v) is 19.2. The highest BCUT2D eigenvalue weighted by atomic mass is 19.1. The van der Waals surface area contributed by atoms with Crippen LogP contribution >= 0.6 is 0 Å². The number of carboxylic acid groups (broad SMARTS) is 1. The molecule has 34 heavy (non-hydrogen) atoms. The van der Waals surface area contributed by atoms with E-state index >= 15 is 0 Å². The first-order valence-corrected chi connectivity index (χ1v) is 11.4. The van der Waals surface area contributed by atoms with E-state index in [1.165, 1.54) is 11.6 Å². The Hall–Kier alpha value is -3.70. The summed E-state index contributed by atoms with van der Waals surface area (Å²) in [6.45, 7) is 1.53. The number of hydrogen-bond acceptors (Lipinski definition) is 3. The van der Waals surface area contributed by atoms with Gasteiger partial charge >= 0.3 is 5.97 Å². The van der Waals surface area contributed by atoms with Gasteiger partial charge in [0.05, 0.1) is 7.11 Å². The van der Waals surface area contributed by atoms with Gasteiger partial charge in [0.2, 0.25) is 0 Å². The van der Waals surface area contributed by atoms with E-state index in [2.05, 4.69) is 35.6 Å². The van der Waals surface area contributed by atoms with Crippen LogP contribution in [0.3, 0.4) is 0 Å². The predicted molar refractivity (Wildman–Crippen MR) is 134 cm³/mol. The molecule has 0 atom stereocenters. The Balaban J connectivity index is 1.55. The summed E-state index contributed by atoms with van der Waals surface area (Å²) in [6, 6.07) is 25.5. The molecule has 0 saturated carbocycles. The number of methoxy groups -OCH3 is 1. The lowest BCUT2D eigenvalue weighted by Crippen LogP contribution is -2.16. The van der Waals surface area contributed by atoms with Gasteiger partial charge in [0.1, 0.15) is 11.6 Å². The second-order valence-corrected chi connectivity index (χ2v) is 8.34. The van der Waals surface area contributed by atoms with E-state index in [0.29, 0.717) is 12.1 Å². The maximum atomic E-state index is 14.3. The highest BCUT2D eigenvalue weighted by Crippen LogP contribution is 2.31. The summed E-state index contributed by atoms with van der Waals surface area (Å²) >= 11 is 0. The van der Waals surface area contributed by atoms with Gasteiger partial charge in [-0.2, -0.15) is 0 Å². The third kappa shape index (κ3) is 5.80. The van der Waals surface area contributed by atoms with E-state index in [4.69, 9.17) is 9.84 Å². The average Bonchev–Trinajstić information content (AvgIpc) is 2.85. The van der Waals surface area contributed by atoms with Gasteiger partial charge in [-0.1, -0.05) is 42.5 Å². The Bertz CT molecular complexity index is 1300. The van der Waals surface area contributed by atoms with Gasteiger partial charge in [0, 0.05) is 13.0 Å². The molecular formula is C29H28FNO3. The molecule has 174 valence electrons. The van der Waals surface area contributed by atoms with Crippen molar-refractivity contribution in [2.24, 2.45) is 0 Å². The fourth-order valence-electron chi connectivity index (χ4n) is 4.18. The molecule has 4 aromatic rings. The van der Waals surface area contributed by atoms with Crippen LogP contribution < -0.4 is 10.1 Å². The van der Waals surface area contributed by atoms with Gasteiger partial charge < -0.3 is 15.2 Å². The maximum Gasteiger partial charge on any atom is 0.303 e. The van der Waals surface area contributed by atoms with Crippen molar-refractivity contribution in [2.75, 3.05) is 13.7 Å². The third-order valence-corrected chi connectivity index (χ3v) is 5.94. The summed E-state index contributed by atoms with van der Waals surface area (Å²) in [5, 5.41) is 14.7. The number of aliphatic carboxylic acids is 1. The van der Waals surface area contributed by atoms with Crippen molar-refractivity contribution < 1.29 is 19.0 Å². The first kappa shape index (κ1) is 23.5. The lowest BCUT2D eigenvalue weighted by molar-refractivity contribution is -0.136. The van der Waals surface area contributed by atoms with E-state index in [-0.39, 0.29) is 18.7 Å². The number of aryl methyl sites for hydroxylation is 1. The molecule has 0 heterocycles. The Labute approximate surface area is 199 Å². The van der Waals surface area contributed by atoms with Crippen molar-refractivity contribution in [2.45, 2.75) is 25.8 Å². The Morgan fingerprint density at radius 3 is 2.62 bits per heavy atom. The molecule has 0 spiro atoms. The second-order valence-electron chi connectivity index (χ2n) is 8.34. The zero-order chi connectivity index (χ0) is 23.9. The number of benzene rings is 4. The first-order valence-electron chi connectivity index (χ1n) is 11.4. The van der Waals surface area contributed by atoms with Gasteiger partial charge in [0.15, 0.2) is 0 Å². The van der Waals surface area contributed by atoms with E-state index in [1.54, 1.807) is 19.2 Å². The van der Waals surface area contributed by atoms with Crippen LogP contribution in [-0.4, -0.2) is 24.7 Å². The van der Waals surface area contributed by atoms with Crippen molar-refractivity contribution in [1.82, 2.24) is 5.32 Å². The van der Waals surface area contributed by atoms with Crippen LogP contribution in [0.1, 0.15) is 23.1 Å². The minimum atomic E-state index is -0.933. The van der Waals surface area contributed by atoms with Crippen LogP contribution in [0, 0.1) is 5.82 Å². The molecule has 5 heteroatoms. The number of halogens is 1. The van der Waals surface area contributed by atoms with E-state index in [0.717, 1.165) is 46.2 Å². The fourth-order valence-corrected chi connectivity index (χ4v) is 4.18. The van der Waals surface area contributed by atoms with Crippen LogP contribution in [-0.2, 0) is 24.2 Å². The minimum absolute atomic E-state index is 0.0988. The molecule has 4 rings (SSSR count). The molecule has 0 aliphatic rings. The third-order valence-electron chi connectivity index (χ3n) is 5.94. The van der Waals surface area contributed by atoms with Crippen LogP contribution in [0.15, 0.2) is 78.9 Å². The number of carbonyl (C=O) groups is 1. The Morgan fingerprint density at radius 1 is 0.941 bits per heavy atom. The number of ether oxygens (including phenoxy) is 1. The smallest absolute Gasteiger partial charge is 0.303 e. The molecule has 0 aliphatic carbocycles. The quantitative estimate of drug-likeness (QED) is 0.287. The molecule has 0 saturated heterocycles. The van der Waals surface area contributed by atoms with Crippen LogP contribution in [0.25, 0.3) is 21.9 Å². The van der Waals surface area contributed by atoms with Crippen molar-refractivity contribution in [3.63, 3.8) is 0 Å².